The summed E-state index contributed by atoms with van der Waals surface area (Å²) in [6.45, 7) is 12.7. The van der Waals surface area contributed by atoms with E-state index in [-0.39, 0.29) is 17.2 Å². The second kappa shape index (κ2) is 5.33. The molecule has 0 saturated carbocycles. The Labute approximate surface area is 122 Å². The van der Waals surface area contributed by atoms with Gasteiger partial charge in [0.05, 0.1) is 6.10 Å². The number of hydrogen-bond acceptors (Lipinski definition) is 3. The quantitative estimate of drug-likeness (QED) is 0.788. The lowest BCUT2D eigenvalue weighted by molar-refractivity contribution is 0.176. The zero-order chi connectivity index (χ0) is 15.0. The molecule has 0 unspecified atom stereocenters. The summed E-state index contributed by atoms with van der Waals surface area (Å²) in [5, 5.41) is 0.203. The number of nitrogens with zero attached hydrogens (tertiary/aromatic N) is 3. The van der Waals surface area contributed by atoms with Crippen LogP contribution in [0.5, 0.6) is 0 Å². The van der Waals surface area contributed by atoms with Gasteiger partial charge in [0.1, 0.15) is 6.33 Å². The van der Waals surface area contributed by atoms with Crippen molar-refractivity contribution >= 4 is 14.3 Å². The highest BCUT2D eigenvalue weighted by Crippen LogP contribution is 2.38. The third-order valence-electron chi connectivity index (χ3n) is 4.41. The number of imidazole rings is 1. The average molecular weight is 295 g/mol. The van der Waals surface area contributed by atoms with Crippen molar-refractivity contribution in [3.8, 4) is 0 Å². The summed E-state index contributed by atoms with van der Waals surface area (Å²) in [6.07, 6.45) is 5.95. The molecule has 5 nitrogen and oxygen atoms in total. The summed E-state index contributed by atoms with van der Waals surface area (Å²) in [7, 11) is -1.76. The Kier molecular flexibility index (Phi) is 4.06. The molecular weight excluding hydrogens is 270 g/mol. The zero-order valence-electron chi connectivity index (χ0n) is 13.1. The molecule has 0 N–H and O–H groups in total. The van der Waals surface area contributed by atoms with E-state index in [1.165, 1.54) is 4.57 Å². The molecule has 0 bridgehead atoms. The second-order valence-electron chi connectivity index (χ2n) is 6.99. The lowest BCUT2D eigenvalue weighted by Gasteiger charge is -2.38. The first-order valence-electron chi connectivity index (χ1n) is 7.16. The number of aromatic nitrogens is 2. The van der Waals surface area contributed by atoms with Crippen molar-refractivity contribution in [3.63, 3.8) is 0 Å². The molecule has 0 aliphatic carbocycles. The summed E-state index contributed by atoms with van der Waals surface area (Å²) in [5.74, 6) is 0. The monoisotopic (exact) mass is 295 g/mol. The van der Waals surface area contributed by atoms with Gasteiger partial charge in [-0.3, -0.25) is 4.57 Å². The molecule has 1 fully saturated rings. The summed E-state index contributed by atoms with van der Waals surface area (Å²) in [5.41, 5.74) is 0. The fourth-order valence-corrected chi connectivity index (χ4v) is 3.51. The molecule has 0 radical (unpaired) electrons. The first-order valence-corrected chi connectivity index (χ1v) is 10.1. The fraction of sp³-hybridized carbons (Fsp3) is 0.714. The fourth-order valence-electron chi connectivity index (χ4n) is 2.13. The van der Waals surface area contributed by atoms with E-state index in [0.29, 0.717) is 6.54 Å². The van der Waals surface area contributed by atoms with E-state index in [1.54, 1.807) is 18.7 Å². The molecule has 1 saturated heterocycles. The van der Waals surface area contributed by atoms with Crippen molar-refractivity contribution in [1.29, 1.82) is 0 Å². The molecule has 0 aromatic carbocycles. The highest BCUT2D eigenvalue weighted by atomic mass is 28.4. The molecule has 1 amide bonds. The lowest BCUT2D eigenvalue weighted by Crippen LogP contribution is -2.45. The van der Waals surface area contributed by atoms with Crippen molar-refractivity contribution in [2.45, 2.75) is 51.4 Å². The van der Waals surface area contributed by atoms with Crippen LogP contribution in [0.25, 0.3) is 0 Å². The van der Waals surface area contributed by atoms with E-state index in [4.69, 9.17) is 4.43 Å². The molecule has 1 atom stereocenters. The predicted octanol–water partition coefficient (Wildman–Crippen LogP) is 2.95. The minimum Gasteiger partial charge on any atom is -0.412 e. The van der Waals surface area contributed by atoms with E-state index >= 15 is 0 Å². The lowest BCUT2D eigenvalue weighted by atomic mass is 10.2. The molecule has 112 valence electrons. The standard InChI is InChI=1S/C14H25N3O2Si/c1-14(2,3)20(4,5)19-12-6-8-16(10-12)13(18)17-9-7-15-11-17/h7,9,11-12H,6,8,10H2,1-5H3/t12-/m1/s1. The molecule has 1 aromatic rings. The van der Waals surface area contributed by atoms with Crippen molar-refractivity contribution < 1.29 is 9.22 Å². The van der Waals surface area contributed by atoms with Gasteiger partial charge in [-0.25, -0.2) is 9.78 Å². The number of amides is 1. The van der Waals surface area contributed by atoms with E-state index in [9.17, 15) is 4.79 Å². The Balaban J connectivity index is 1.95. The third-order valence-corrected chi connectivity index (χ3v) is 8.94. The smallest absolute Gasteiger partial charge is 0.329 e. The SMILES string of the molecule is CC(C)(C)[Si](C)(C)O[C@@H]1CCN(C(=O)n2ccnc2)C1. The third kappa shape index (κ3) is 3.12. The van der Waals surface area contributed by atoms with Crippen LogP contribution < -0.4 is 0 Å². The van der Waals surface area contributed by atoms with Crippen LogP contribution in [0.3, 0.4) is 0 Å². The molecule has 0 spiro atoms. The van der Waals surface area contributed by atoms with Crippen LogP contribution in [0.1, 0.15) is 27.2 Å². The van der Waals surface area contributed by atoms with E-state index in [0.717, 1.165) is 13.0 Å². The van der Waals surface area contributed by atoms with E-state index in [1.807, 2.05) is 4.90 Å². The van der Waals surface area contributed by atoms with Crippen LogP contribution in [0.4, 0.5) is 4.79 Å². The summed E-state index contributed by atoms with van der Waals surface area (Å²) in [6, 6.07) is -0.0103. The predicted molar refractivity (Wildman–Crippen MR) is 81.3 cm³/mol. The normalized spacial score (nSPS) is 20.4. The molecule has 20 heavy (non-hydrogen) atoms. The number of rotatable bonds is 2. The van der Waals surface area contributed by atoms with Crippen LogP contribution in [-0.4, -0.2) is 48.0 Å². The van der Waals surface area contributed by atoms with Gasteiger partial charge >= 0.3 is 6.03 Å². The minimum absolute atomic E-state index is 0.0103. The Bertz CT molecular complexity index is 465. The van der Waals surface area contributed by atoms with Crippen LogP contribution in [0.15, 0.2) is 18.7 Å². The summed E-state index contributed by atoms with van der Waals surface area (Å²) >= 11 is 0. The first kappa shape index (κ1) is 15.2. The van der Waals surface area contributed by atoms with Gasteiger partial charge in [0.2, 0.25) is 0 Å². The molecule has 1 aliphatic rings. The van der Waals surface area contributed by atoms with Crippen molar-refractivity contribution in [2.75, 3.05) is 13.1 Å². The van der Waals surface area contributed by atoms with Gasteiger partial charge in [0.25, 0.3) is 0 Å². The van der Waals surface area contributed by atoms with Crippen molar-refractivity contribution in [2.24, 2.45) is 0 Å². The highest BCUT2D eigenvalue weighted by molar-refractivity contribution is 6.74. The molecule has 1 aromatic heterocycles. The Morgan fingerprint density at radius 3 is 2.65 bits per heavy atom. The zero-order valence-corrected chi connectivity index (χ0v) is 14.1. The van der Waals surface area contributed by atoms with Crippen molar-refractivity contribution in [1.82, 2.24) is 14.5 Å². The molecule has 2 heterocycles. The second-order valence-corrected chi connectivity index (χ2v) is 11.7. The Morgan fingerprint density at radius 2 is 2.10 bits per heavy atom. The molecule has 6 heteroatoms. The molecular formula is C14H25N3O2Si. The number of hydrogen-bond donors (Lipinski definition) is 0. The highest BCUT2D eigenvalue weighted by Gasteiger charge is 2.41. The van der Waals surface area contributed by atoms with Crippen LogP contribution in [0.2, 0.25) is 18.1 Å². The Morgan fingerprint density at radius 1 is 1.40 bits per heavy atom. The molecule has 2 rings (SSSR count). The number of likely N-dealkylation sites (tertiary alicyclic amines) is 1. The van der Waals surface area contributed by atoms with Gasteiger partial charge in [0.15, 0.2) is 8.32 Å². The largest absolute Gasteiger partial charge is 0.412 e. The van der Waals surface area contributed by atoms with Gasteiger partial charge in [-0.15, -0.1) is 0 Å². The maximum absolute atomic E-state index is 12.2. The van der Waals surface area contributed by atoms with Crippen LogP contribution in [0, 0.1) is 0 Å². The number of carbonyl (C=O) groups excluding carboxylic acids is 1. The van der Waals surface area contributed by atoms with Crippen LogP contribution >= 0.6 is 0 Å². The van der Waals surface area contributed by atoms with Crippen molar-refractivity contribution in [3.05, 3.63) is 18.7 Å². The maximum atomic E-state index is 12.2. The van der Waals surface area contributed by atoms with Crippen LogP contribution in [-0.2, 0) is 4.43 Å². The summed E-state index contributed by atoms with van der Waals surface area (Å²) in [4.78, 5) is 18.0. The number of carbonyl (C=O) groups is 1. The van der Waals surface area contributed by atoms with Gasteiger partial charge in [-0.1, -0.05) is 20.8 Å². The minimum atomic E-state index is -1.76. The van der Waals surface area contributed by atoms with Gasteiger partial charge in [-0.2, -0.15) is 0 Å². The summed E-state index contributed by atoms with van der Waals surface area (Å²) < 4.78 is 7.90. The van der Waals surface area contributed by atoms with E-state index in [2.05, 4.69) is 38.8 Å². The van der Waals surface area contributed by atoms with E-state index < -0.39 is 8.32 Å². The maximum Gasteiger partial charge on any atom is 0.329 e. The topological polar surface area (TPSA) is 47.4 Å². The van der Waals surface area contributed by atoms with Gasteiger partial charge in [-0.05, 0) is 24.6 Å². The first-order chi connectivity index (χ1) is 9.21. The van der Waals surface area contributed by atoms with Gasteiger partial charge in [0, 0.05) is 25.5 Å². The Hall–Kier alpha value is -1.14. The van der Waals surface area contributed by atoms with Gasteiger partial charge < -0.3 is 9.33 Å². The molecule has 1 aliphatic heterocycles. The average Bonchev–Trinajstić information content (AvgIpc) is 2.95.